The largest absolute Gasteiger partial charge is 0.453 e. The Hall–Kier alpha value is -0.320. The number of hydrogen-bond acceptors (Lipinski definition) is 3. The Morgan fingerprint density at radius 1 is 1.47 bits per heavy atom. The second kappa shape index (κ2) is 7.04. The minimum Gasteiger partial charge on any atom is -0.453 e. The van der Waals surface area contributed by atoms with Gasteiger partial charge in [-0.15, -0.1) is 0 Å². The molecule has 0 aliphatic carbocycles. The van der Waals surface area contributed by atoms with Crippen LogP contribution in [0.2, 0.25) is 0 Å². The first-order chi connectivity index (χ1) is 7.18. The van der Waals surface area contributed by atoms with Crippen molar-refractivity contribution in [1.29, 1.82) is 0 Å². The van der Waals surface area contributed by atoms with Crippen LogP contribution in [0.4, 0.5) is 0 Å². The third-order valence-corrected chi connectivity index (χ3v) is 2.30. The van der Waals surface area contributed by atoms with Gasteiger partial charge in [-0.3, -0.25) is 0 Å². The quantitative estimate of drug-likeness (QED) is 0.777. The van der Waals surface area contributed by atoms with Crippen LogP contribution in [0.5, 0.6) is 0 Å². The minimum absolute atomic E-state index is 0.325. The van der Waals surface area contributed by atoms with Crippen molar-refractivity contribution in [3.05, 3.63) is 22.6 Å². The summed E-state index contributed by atoms with van der Waals surface area (Å²) in [4.78, 5) is 0. The molecule has 1 rings (SSSR count). The average molecular weight is 276 g/mol. The van der Waals surface area contributed by atoms with Gasteiger partial charge in [0.1, 0.15) is 5.76 Å². The van der Waals surface area contributed by atoms with Gasteiger partial charge in [0.2, 0.25) is 0 Å². The summed E-state index contributed by atoms with van der Waals surface area (Å²) in [6, 6.07) is 3.86. The molecule has 0 bridgehead atoms. The summed E-state index contributed by atoms with van der Waals surface area (Å²) in [6.45, 7) is 6.63. The highest BCUT2D eigenvalue weighted by molar-refractivity contribution is 9.10. The minimum atomic E-state index is 0.325. The van der Waals surface area contributed by atoms with Crippen molar-refractivity contribution in [1.82, 2.24) is 5.32 Å². The van der Waals surface area contributed by atoms with Gasteiger partial charge in [0.25, 0.3) is 0 Å². The van der Waals surface area contributed by atoms with Crippen LogP contribution in [0.3, 0.4) is 0 Å². The molecule has 0 spiro atoms. The summed E-state index contributed by atoms with van der Waals surface area (Å²) in [5.41, 5.74) is 0. The molecule has 0 saturated heterocycles. The van der Waals surface area contributed by atoms with Gasteiger partial charge in [-0.2, -0.15) is 0 Å². The Morgan fingerprint density at radius 3 is 2.87 bits per heavy atom. The summed E-state index contributed by atoms with van der Waals surface area (Å²) in [5.74, 6) is 0.951. The van der Waals surface area contributed by atoms with E-state index in [1.807, 2.05) is 26.0 Å². The molecule has 0 saturated carbocycles. The van der Waals surface area contributed by atoms with E-state index in [9.17, 15) is 0 Å². The molecule has 0 aliphatic heterocycles. The van der Waals surface area contributed by atoms with Gasteiger partial charge in [-0.1, -0.05) is 0 Å². The maximum atomic E-state index is 5.43. The van der Waals surface area contributed by atoms with Crippen LogP contribution in [0, 0.1) is 0 Å². The maximum absolute atomic E-state index is 5.43. The molecule has 0 atom stereocenters. The first kappa shape index (κ1) is 12.7. The Kier molecular flexibility index (Phi) is 5.98. The maximum Gasteiger partial charge on any atom is 0.169 e. The SMILES string of the molecule is CC(C)OCCCNCc1ccc(Br)o1. The van der Waals surface area contributed by atoms with Gasteiger partial charge in [0, 0.05) is 6.61 Å². The molecule has 3 nitrogen and oxygen atoms in total. The normalized spacial score (nSPS) is 11.2. The highest BCUT2D eigenvalue weighted by Crippen LogP contribution is 2.13. The third kappa shape index (κ3) is 5.97. The Balaban J connectivity index is 1.98. The fourth-order valence-corrected chi connectivity index (χ4v) is 1.51. The second-order valence-electron chi connectivity index (χ2n) is 3.66. The summed E-state index contributed by atoms with van der Waals surface area (Å²) in [5, 5.41) is 3.29. The predicted octanol–water partition coefficient (Wildman–Crippen LogP) is 2.95. The fourth-order valence-electron chi connectivity index (χ4n) is 1.17. The molecule has 1 aromatic rings. The van der Waals surface area contributed by atoms with E-state index in [0.717, 1.165) is 36.5 Å². The molecule has 0 unspecified atom stereocenters. The lowest BCUT2D eigenvalue weighted by molar-refractivity contribution is 0.0770. The zero-order valence-corrected chi connectivity index (χ0v) is 10.8. The number of hydrogen-bond donors (Lipinski definition) is 1. The topological polar surface area (TPSA) is 34.4 Å². The second-order valence-corrected chi connectivity index (χ2v) is 4.44. The molecular weight excluding hydrogens is 258 g/mol. The average Bonchev–Trinajstić information content (AvgIpc) is 2.57. The van der Waals surface area contributed by atoms with E-state index in [2.05, 4.69) is 21.2 Å². The summed E-state index contributed by atoms with van der Waals surface area (Å²) in [7, 11) is 0. The van der Waals surface area contributed by atoms with E-state index in [4.69, 9.17) is 9.15 Å². The van der Waals surface area contributed by atoms with Crippen molar-refractivity contribution >= 4 is 15.9 Å². The number of furan rings is 1. The van der Waals surface area contributed by atoms with E-state index in [1.54, 1.807) is 0 Å². The smallest absolute Gasteiger partial charge is 0.169 e. The van der Waals surface area contributed by atoms with Crippen LogP contribution in [-0.2, 0) is 11.3 Å². The molecule has 1 heterocycles. The summed E-state index contributed by atoms with van der Waals surface area (Å²) in [6.07, 6.45) is 1.35. The van der Waals surface area contributed by atoms with Gasteiger partial charge in [0.15, 0.2) is 4.67 Å². The lowest BCUT2D eigenvalue weighted by atomic mass is 10.4. The summed E-state index contributed by atoms with van der Waals surface area (Å²) < 4.78 is 11.6. The van der Waals surface area contributed by atoms with Gasteiger partial charge >= 0.3 is 0 Å². The molecule has 0 radical (unpaired) electrons. The van der Waals surface area contributed by atoms with Gasteiger partial charge in [0.05, 0.1) is 12.6 Å². The Morgan fingerprint density at radius 2 is 2.27 bits per heavy atom. The van der Waals surface area contributed by atoms with Crippen LogP contribution in [0.25, 0.3) is 0 Å². The highest BCUT2D eigenvalue weighted by atomic mass is 79.9. The van der Waals surface area contributed by atoms with Gasteiger partial charge in [-0.25, -0.2) is 0 Å². The highest BCUT2D eigenvalue weighted by Gasteiger charge is 1.98. The molecule has 15 heavy (non-hydrogen) atoms. The zero-order valence-electron chi connectivity index (χ0n) is 9.25. The first-order valence-corrected chi connectivity index (χ1v) is 6.04. The van der Waals surface area contributed by atoms with E-state index < -0.39 is 0 Å². The molecule has 0 amide bonds. The number of nitrogens with one attached hydrogen (secondary N) is 1. The lowest BCUT2D eigenvalue weighted by Crippen LogP contribution is -2.17. The van der Waals surface area contributed by atoms with Gasteiger partial charge < -0.3 is 14.5 Å². The molecule has 1 N–H and O–H groups in total. The van der Waals surface area contributed by atoms with Gasteiger partial charge in [-0.05, 0) is 54.9 Å². The lowest BCUT2D eigenvalue weighted by Gasteiger charge is -2.07. The molecule has 0 fully saturated rings. The zero-order chi connectivity index (χ0) is 11.1. The fraction of sp³-hybridized carbons (Fsp3) is 0.636. The number of ether oxygens (including phenoxy) is 1. The van der Waals surface area contributed by atoms with Crippen LogP contribution in [0.15, 0.2) is 21.2 Å². The standard InChI is InChI=1S/C11H18BrNO2/c1-9(2)14-7-3-6-13-8-10-4-5-11(12)15-10/h4-5,9,13H,3,6-8H2,1-2H3. The predicted molar refractivity (Wildman–Crippen MR) is 63.8 cm³/mol. The van der Waals surface area contributed by atoms with Crippen molar-refractivity contribution in [2.24, 2.45) is 0 Å². The number of halogens is 1. The Bertz CT molecular complexity index is 273. The van der Waals surface area contributed by atoms with Crippen molar-refractivity contribution < 1.29 is 9.15 Å². The molecule has 0 aliphatic rings. The van der Waals surface area contributed by atoms with E-state index in [1.165, 1.54) is 0 Å². The van der Waals surface area contributed by atoms with E-state index in [0.29, 0.717) is 6.10 Å². The van der Waals surface area contributed by atoms with Crippen LogP contribution < -0.4 is 5.32 Å². The monoisotopic (exact) mass is 275 g/mol. The molecule has 86 valence electrons. The first-order valence-electron chi connectivity index (χ1n) is 5.25. The van der Waals surface area contributed by atoms with Crippen LogP contribution in [-0.4, -0.2) is 19.3 Å². The molecule has 0 aromatic carbocycles. The van der Waals surface area contributed by atoms with Crippen molar-refractivity contribution in [2.75, 3.05) is 13.2 Å². The van der Waals surface area contributed by atoms with Crippen LogP contribution >= 0.6 is 15.9 Å². The van der Waals surface area contributed by atoms with Crippen molar-refractivity contribution in [2.45, 2.75) is 32.9 Å². The molecule has 4 heteroatoms. The summed E-state index contributed by atoms with van der Waals surface area (Å²) >= 11 is 3.27. The molecular formula is C11H18BrNO2. The van der Waals surface area contributed by atoms with Crippen molar-refractivity contribution in [3.63, 3.8) is 0 Å². The van der Waals surface area contributed by atoms with Crippen molar-refractivity contribution in [3.8, 4) is 0 Å². The third-order valence-electron chi connectivity index (χ3n) is 1.88. The molecule has 1 aromatic heterocycles. The number of rotatable bonds is 7. The van der Waals surface area contributed by atoms with E-state index >= 15 is 0 Å². The van der Waals surface area contributed by atoms with E-state index in [-0.39, 0.29) is 0 Å². The Labute approximate surface area is 99.3 Å². The van der Waals surface area contributed by atoms with Crippen LogP contribution in [0.1, 0.15) is 26.0 Å².